The van der Waals surface area contributed by atoms with Crippen LogP contribution in [0.25, 0.3) is 0 Å². The van der Waals surface area contributed by atoms with Crippen molar-refractivity contribution < 1.29 is 9.53 Å². The minimum absolute atomic E-state index is 0.00462. The first-order valence-corrected chi connectivity index (χ1v) is 5.68. The average molecular weight is 237 g/mol. The molecule has 0 bridgehead atoms. The summed E-state index contributed by atoms with van der Waals surface area (Å²) in [6, 6.07) is 3.89. The van der Waals surface area contributed by atoms with Crippen molar-refractivity contribution in [2.24, 2.45) is 0 Å². The van der Waals surface area contributed by atoms with Gasteiger partial charge >= 0.3 is 0 Å². The number of amides is 1. The highest BCUT2D eigenvalue weighted by Crippen LogP contribution is 1.94. The molecule has 1 aromatic heterocycles. The Labute approximate surface area is 102 Å². The summed E-state index contributed by atoms with van der Waals surface area (Å²) in [5, 5.41) is 5.82. The van der Waals surface area contributed by atoms with Crippen LogP contribution in [-0.4, -0.2) is 44.2 Å². The molecule has 0 radical (unpaired) electrons. The fourth-order valence-corrected chi connectivity index (χ4v) is 1.33. The summed E-state index contributed by atoms with van der Waals surface area (Å²) in [5.41, 5.74) is 1.13. The Morgan fingerprint density at radius 1 is 1.47 bits per heavy atom. The Kier molecular flexibility index (Phi) is 6.93. The fraction of sp³-hybridized carbons (Fsp3) is 0.500. The Hall–Kier alpha value is -1.46. The molecular weight excluding hydrogens is 218 g/mol. The molecule has 0 saturated carbocycles. The predicted molar refractivity (Wildman–Crippen MR) is 65.7 cm³/mol. The van der Waals surface area contributed by atoms with E-state index in [1.54, 1.807) is 13.3 Å². The summed E-state index contributed by atoms with van der Waals surface area (Å²) in [6.07, 6.45) is 4.35. The molecule has 1 rings (SSSR count). The zero-order valence-corrected chi connectivity index (χ0v) is 10.1. The topological polar surface area (TPSA) is 63.2 Å². The van der Waals surface area contributed by atoms with Crippen LogP contribution in [0.1, 0.15) is 5.56 Å². The molecule has 5 heteroatoms. The molecule has 0 spiro atoms. The Balaban J connectivity index is 2.04. The number of methoxy groups -OCH3 is 1. The van der Waals surface area contributed by atoms with E-state index in [1.165, 1.54) is 0 Å². The van der Waals surface area contributed by atoms with E-state index in [0.717, 1.165) is 12.0 Å². The molecule has 0 aliphatic rings. The highest BCUT2D eigenvalue weighted by atomic mass is 16.5. The van der Waals surface area contributed by atoms with Crippen molar-refractivity contribution in [3.8, 4) is 0 Å². The van der Waals surface area contributed by atoms with Crippen molar-refractivity contribution in [2.45, 2.75) is 6.42 Å². The Morgan fingerprint density at radius 2 is 2.35 bits per heavy atom. The second-order valence-corrected chi connectivity index (χ2v) is 3.63. The molecule has 94 valence electrons. The summed E-state index contributed by atoms with van der Waals surface area (Å²) in [6.45, 7) is 2.27. The number of hydrogen-bond donors (Lipinski definition) is 2. The van der Waals surface area contributed by atoms with Gasteiger partial charge in [-0.3, -0.25) is 9.78 Å². The fourth-order valence-electron chi connectivity index (χ4n) is 1.33. The summed E-state index contributed by atoms with van der Waals surface area (Å²) in [4.78, 5) is 15.4. The van der Waals surface area contributed by atoms with Gasteiger partial charge in [0.05, 0.1) is 13.2 Å². The van der Waals surface area contributed by atoms with Crippen LogP contribution in [0.5, 0.6) is 0 Å². The van der Waals surface area contributed by atoms with Gasteiger partial charge in [0.2, 0.25) is 5.91 Å². The molecular formula is C12H19N3O2. The third-order valence-electron chi connectivity index (χ3n) is 2.23. The molecule has 17 heavy (non-hydrogen) atoms. The van der Waals surface area contributed by atoms with Crippen molar-refractivity contribution in [1.29, 1.82) is 0 Å². The average Bonchev–Trinajstić information content (AvgIpc) is 2.36. The lowest BCUT2D eigenvalue weighted by atomic mass is 10.2. The van der Waals surface area contributed by atoms with Crippen LogP contribution in [-0.2, 0) is 16.0 Å². The van der Waals surface area contributed by atoms with Gasteiger partial charge in [-0.1, -0.05) is 6.07 Å². The normalized spacial score (nSPS) is 10.2. The molecule has 1 heterocycles. The van der Waals surface area contributed by atoms with Crippen molar-refractivity contribution in [3.05, 3.63) is 30.1 Å². The third kappa shape index (κ3) is 6.65. The van der Waals surface area contributed by atoms with E-state index in [4.69, 9.17) is 4.74 Å². The van der Waals surface area contributed by atoms with Gasteiger partial charge in [-0.05, 0) is 18.1 Å². The molecule has 0 aliphatic heterocycles. The first-order chi connectivity index (χ1) is 8.33. The maximum Gasteiger partial charge on any atom is 0.233 e. The van der Waals surface area contributed by atoms with E-state index in [2.05, 4.69) is 15.6 Å². The van der Waals surface area contributed by atoms with Crippen LogP contribution in [0.15, 0.2) is 24.5 Å². The lowest BCUT2D eigenvalue weighted by molar-refractivity contribution is -0.120. The molecule has 2 N–H and O–H groups in total. The van der Waals surface area contributed by atoms with Crippen molar-refractivity contribution in [1.82, 2.24) is 15.6 Å². The molecule has 0 fully saturated rings. The summed E-state index contributed by atoms with van der Waals surface area (Å²) >= 11 is 0. The number of nitrogens with zero attached hydrogens (tertiary/aromatic N) is 1. The minimum Gasteiger partial charge on any atom is -0.383 e. The number of carbonyl (C=O) groups is 1. The lowest BCUT2D eigenvalue weighted by Gasteiger charge is -2.06. The Morgan fingerprint density at radius 3 is 3.06 bits per heavy atom. The second-order valence-electron chi connectivity index (χ2n) is 3.63. The first kappa shape index (κ1) is 13.6. The maximum absolute atomic E-state index is 11.4. The molecule has 1 aromatic rings. The number of rotatable bonds is 8. The molecule has 0 atom stereocenters. The molecule has 1 amide bonds. The van der Waals surface area contributed by atoms with E-state index in [-0.39, 0.29) is 5.91 Å². The van der Waals surface area contributed by atoms with Gasteiger partial charge in [-0.2, -0.15) is 0 Å². The smallest absolute Gasteiger partial charge is 0.233 e. The highest BCUT2D eigenvalue weighted by molar-refractivity contribution is 5.77. The van der Waals surface area contributed by atoms with E-state index < -0.39 is 0 Å². The van der Waals surface area contributed by atoms with Crippen LogP contribution in [0.2, 0.25) is 0 Å². The number of ether oxygens (including phenoxy) is 1. The molecule has 0 unspecified atom stereocenters. The summed E-state index contributed by atoms with van der Waals surface area (Å²) < 4.78 is 4.86. The summed E-state index contributed by atoms with van der Waals surface area (Å²) in [5.74, 6) is 0.00462. The van der Waals surface area contributed by atoms with Gasteiger partial charge in [0.25, 0.3) is 0 Å². The van der Waals surface area contributed by atoms with Gasteiger partial charge < -0.3 is 15.4 Å². The van der Waals surface area contributed by atoms with Crippen molar-refractivity contribution in [3.63, 3.8) is 0 Å². The molecule has 0 saturated heterocycles. The number of nitrogens with one attached hydrogen (secondary N) is 2. The maximum atomic E-state index is 11.4. The zero-order chi connectivity index (χ0) is 12.3. The molecule has 0 aromatic carbocycles. The monoisotopic (exact) mass is 237 g/mol. The molecule has 0 aliphatic carbocycles. The predicted octanol–water partition coefficient (Wildman–Crippen LogP) is -0.0237. The van der Waals surface area contributed by atoms with Crippen LogP contribution in [0.3, 0.4) is 0 Å². The van der Waals surface area contributed by atoms with Crippen LogP contribution < -0.4 is 10.6 Å². The van der Waals surface area contributed by atoms with Gasteiger partial charge in [0, 0.05) is 32.6 Å². The SMILES string of the molecule is COCCNCC(=O)NCCc1cccnc1. The van der Waals surface area contributed by atoms with Crippen LogP contribution in [0.4, 0.5) is 0 Å². The Bertz CT molecular complexity index is 317. The minimum atomic E-state index is 0.00462. The quantitative estimate of drug-likeness (QED) is 0.624. The number of carbonyl (C=O) groups excluding carboxylic acids is 1. The molecule has 5 nitrogen and oxygen atoms in total. The zero-order valence-electron chi connectivity index (χ0n) is 10.1. The van der Waals surface area contributed by atoms with Crippen LogP contribution in [0, 0.1) is 0 Å². The lowest BCUT2D eigenvalue weighted by Crippen LogP contribution is -2.36. The van der Waals surface area contributed by atoms with E-state index >= 15 is 0 Å². The van der Waals surface area contributed by atoms with Gasteiger partial charge in [-0.25, -0.2) is 0 Å². The number of pyridine rings is 1. The van der Waals surface area contributed by atoms with Crippen LogP contribution >= 0.6 is 0 Å². The van der Waals surface area contributed by atoms with Crippen molar-refractivity contribution in [2.75, 3.05) is 33.4 Å². The largest absolute Gasteiger partial charge is 0.383 e. The summed E-state index contributed by atoms with van der Waals surface area (Å²) in [7, 11) is 1.63. The van der Waals surface area contributed by atoms with Gasteiger partial charge in [0.1, 0.15) is 0 Å². The first-order valence-electron chi connectivity index (χ1n) is 5.68. The highest BCUT2D eigenvalue weighted by Gasteiger charge is 1.99. The van der Waals surface area contributed by atoms with E-state index in [9.17, 15) is 4.79 Å². The number of aromatic nitrogens is 1. The second kappa shape index (κ2) is 8.66. The standard InChI is InChI=1S/C12H19N3O2/c1-17-8-7-14-10-12(16)15-6-4-11-3-2-5-13-9-11/h2-3,5,9,14H,4,6-8,10H2,1H3,(H,15,16). The van der Waals surface area contributed by atoms with Gasteiger partial charge in [0.15, 0.2) is 0 Å². The number of hydrogen-bond acceptors (Lipinski definition) is 4. The third-order valence-corrected chi connectivity index (χ3v) is 2.23. The van der Waals surface area contributed by atoms with E-state index in [1.807, 2.05) is 18.3 Å². The van der Waals surface area contributed by atoms with E-state index in [0.29, 0.717) is 26.2 Å². The van der Waals surface area contributed by atoms with Gasteiger partial charge in [-0.15, -0.1) is 0 Å². The van der Waals surface area contributed by atoms with Crippen molar-refractivity contribution >= 4 is 5.91 Å².